The standard InChI is InChI=1S/C11H9N3O/c15-11(9-4-2-1-3-5-9)14-10-6-7-12-13-8-10/h1-8H,(H,12,14,15). The topological polar surface area (TPSA) is 54.9 Å². The predicted molar refractivity (Wildman–Crippen MR) is 56.4 cm³/mol. The highest BCUT2D eigenvalue weighted by Gasteiger charge is 2.04. The van der Waals surface area contributed by atoms with E-state index in [1.807, 2.05) is 18.2 Å². The summed E-state index contributed by atoms with van der Waals surface area (Å²) in [5.41, 5.74) is 1.26. The summed E-state index contributed by atoms with van der Waals surface area (Å²) in [7, 11) is 0. The van der Waals surface area contributed by atoms with Gasteiger partial charge in [0.05, 0.1) is 18.1 Å². The fraction of sp³-hybridized carbons (Fsp3) is 0. The molecule has 2 aromatic rings. The molecule has 1 heterocycles. The third-order valence-corrected chi connectivity index (χ3v) is 1.88. The molecule has 4 nitrogen and oxygen atoms in total. The first-order chi connectivity index (χ1) is 7.36. The molecule has 0 aliphatic rings. The Balaban J connectivity index is 2.12. The van der Waals surface area contributed by atoms with Gasteiger partial charge in [0, 0.05) is 5.56 Å². The molecule has 0 aliphatic carbocycles. The molecule has 2 rings (SSSR count). The molecule has 1 aromatic carbocycles. The Kier molecular flexibility index (Phi) is 2.69. The molecule has 0 aliphatic heterocycles. The van der Waals surface area contributed by atoms with E-state index < -0.39 is 0 Å². The summed E-state index contributed by atoms with van der Waals surface area (Å²) >= 11 is 0. The highest BCUT2D eigenvalue weighted by molar-refractivity contribution is 6.04. The largest absolute Gasteiger partial charge is 0.320 e. The second-order valence-electron chi connectivity index (χ2n) is 2.95. The lowest BCUT2D eigenvalue weighted by atomic mass is 10.2. The molecule has 74 valence electrons. The molecule has 15 heavy (non-hydrogen) atoms. The fourth-order valence-corrected chi connectivity index (χ4v) is 1.16. The number of hydrogen-bond donors (Lipinski definition) is 1. The van der Waals surface area contributed by atoms with E-state index in [1.54, 1.807) is 18.2 Å². The van der Waals surface area contributed by atoms with Crippen molar-refractivity contribution in [3.05, 3.63) is 54.4 Å². The number of amides is 1. The van der Waals surface area contributed by atoms with Crippen LogP contribution in [0.3, 0.4) is 0 Å². The van der Waals surface area contributed by atoms with E-state index in [2.05, 4.69) is 15.5 Å². The van der Waals surface area contributed by atoms with Gasteiger partial charge in [0.25, 0.3) is 5.91 Å². The Labute approximate surface area is 87.0 Å². The Morgan fingerprint density at radius 1 is 1.07 bits per heavy atom. The lowest BCUT2D eigenvalue weighted by Crippen LogP contribution is -2.11. The lowest BCUT2D eigenvalue weighted by Gasteiger charge is -2.03. The van der Waals surface area contributed by atoms with Crippen molar-refractivity contribution in [2.75, 3.05) is 5.32 Å². The smallest absolute Gasteiger partial charge is 0.255 e. The van der Waals surface area contributed by atoms with Crippen molar-refractivity contribution in [1.82, 2.24) is 10.2 Å². The van der Waals surface area contributed by atoms with Crippen LogP contribution in [0.25, 0.3) is 0 Å². The molecule has 1 amide bonds. The number of carbonyl (C=O) groups is 1. The maximum absolute atomic E-state index is 11.7. The molecule has 0 unspecified atom stereocenters. The highest BCUT2D eigenvalue weighted by Crippen LogP contribution is 2.05. The van der Waals surface area contributed by atoms with E-state index in [-0.39, 0.29) is 5.91 Å². The number of anilines is 1. The van der Waals surface area contributed by atoms with Gasteiger partial charge in [0.15, 0.2) is 0 Å². The first-order valence-electron chi connectivity index (χ1n) is 4.49. The number of carbonyl (C=O) groups excluding carboxylic acids is 1. The van der Waals surface area contributed by atoms with Crippen molar-refractivity contribution < 1.29 is 4.79 Å². The van der Waals surface area contributed by atoms with Crippen molar-refractivity contribution in [2.45, 2.75) is 0 Å². The van der Waals surface area contributed by atoms with E-state index in [1.165, 1.54) is 12.4 Å². The summed E-state index contributed by atoms with van der Waals surface area (Å²) in [6.45, 7) is 0. The van der Waals surface area contributed by atoms with E-state index in [0.29, 0.717) is 11.3 Å². The lowest BCUT2D eigenvalue weighted by molar-refractivity contribution is 0.102. The van der Waals surface area contributed by atoms with Crippen LogP contribution in [0.5, 0.6) is 0 Å². The Morgan fingerprint density at radius 3 is 2.53 bits per heavy atom. The van der Waals surface area contributed by atoms with Crippen LogP contribution in [0.15, 0.2) is 48.8 Å². The van der Waals surface area contributed by atoms with Crippen LogP contribution >= 0.6 is 0 Å². The Morgan fingerprint density at radius 2 is 1.87 bits per heavy atom. The zero-order valence-corrected chi connectivity index (χ0v) is 7.92. The van der Waals surface area contributed by atoms with Gasteiger partial charge >= 0.3 is 0 Å². The molecule has 0 fully saturated rings. The molecular weight excluding hydrogens is 190 g/mol. The summed E-state index contributed by atoms with van der Waals surface area (Å²) in [4.78, 5) is 11.7. The molecule has 0 atom stereocenters. The maximum atomic E-state index is 11.7. The summed E-state index contributed by atoms with van der Waals surface area (Å²) in [6, 6.07) is 10.7. The van der Waals surface area contributed by atoms with Gasteiger partial charge in [0.2, 0.25) is 0 Å². The number of hydrogen-bond acceptors (Lipinski definition) is 3. The van der Waals surface area contributed by atoms with Gasteiger partial charge in [-0.05, 0) is 18.2 Å². The van der Waals surface area contributed by atoms with Gasteiger partial charge in [0.1, 0.15) is 0 Å². The Hall–Kier alpha value is -2.23. The first kappa shape index (κ1) is 9.33. The second-order valence-corrected chi connectivity index (χ2v) is 2.95. The summed E-state index contributed by atoms with van der Waals surface area (Å²) < 4.78 is 0. The minimum Gasteiger partial charge on any atom is -0.320 e. The summed E-state index contributed by atoms with van der Waals surface area (Å²) in [6.07, 6.45) is 3.03. The highest BCUT2D eigenvalue weighted by atomic mass is 16.1. The minimum atomic E-state index is -0.149. The molecule has 0 radical (unpaired) electrons. The average molecular weight is 199 g/mol. The third-order valence-electron chi connectivity index (χ3n) is 1.88. The van der Waals surface area contributed by atoms with Crippen LogP contribution in [0.2, 0.25) is 0 Å². The molecule has 1 N–H and O–H groups in total. The average Bonchev–Trinajstić information content (AvgIpc) is 2.31. The molecule has 4 heteroatoms. The monoisotopic (exact) mass is 199 g/mol. The fourth-order valence-electron chi connectivity index (χ4n) is 1.16. The van der Waals surface area contributed by atoms with E-state index in [9.17, 15) is 4.79 Å². The third kappa shape index (κ3) is 2.37. The number of benzene rings is 1. The van der Waals surface area contributed by atoms with Gasteiger partial charge in [-0.1, -0.05) is 18.2 Å². The number of aromatic nitrogens is 2. The van der Waals surface area contributed by atoms with Crippen LogP contribution in [-0.2, 0) is 0 Å². The Bertz CT molecular complexity index is 442. The van der Waals surface area contributed by atoms with Crippen molar-refractivity contribution in [3.8, 4) is 0 Å². The van der Waals surface area contributed by atoms with Crippen LogP contribution in [0.1, 0.15) is 10.4 Å². The van der Waals surface area contributed by atoms with Gasteiger partial charge in [-0.2, -0.15) is 10.2 Å². The summed E-state index contributed by atoms with van der Waals surface area (Å²) in [5, 5.41) is 10.0. The van der Waals surface area contributed by atoms with E-state index in [4.69, 9.17) is 0 Å². The molecule has 0 saturated carbocycles. The van der Waals surface area contributed by atoms with Gasteiger partial charge in [-0.3, -0.25) is 4.79 Å². The predicted octanol–water partition coefficient (Wildman–Crippen LogP) is 1.73. The van der Waals surface area contributed by atoms with Crippen LogP contribution in [0, 0.1) is 0 Å². The van der Waals surface area contributed by atoms with Crippen LogP contribution in [-0.4, -0.2) is 16.1 Å². The van der Waals surface area contributed by atoms with Crippen molar-refractivity contribution in [2.24, 2.45) is 0 Å². The van der Waals surface area contributed by atoms with E-state index >= 15 is 0 Å². The van der Waals surface area contributed by atoms with Crippen LogP contribution in [0.4, 0.5) is 5.69 Å². The second kappa shape index (κ2) is 4.32. The zero-order valence-electron chi connectivity index (χ0n) is 7.92. The number of nitrogens with one attached hydrogen (secondary N) is 1. The number of nitrogens with zero attached hydrogens (tertiary/aromatic N) is 2. The maximum Gasteiger partial charge on any atom is 0.255 e. The normalized spacial score (nSPS) is 9.60. The van der Waals surface area contributed by atoms with Crippen molar-refractivity contribution in [3.63, 3.8) is 0 Å². The van der Waals surface area contributed by atoms with Crippen LogP contribution < -0.4 is 5.32 Å². The van der Waals surface area contributed by atoms with Gasteiger partial charge < -0.3 is 5.32 Å². The molecule has 1 aromatic heterocycles. The first-order valence-corrected chi connectivity index (χ1v) is 4.49. The minimum absolute atomic E-state index is 0.149. The van der Waals surface area contributed by atoms with Crippen molar-refractivity contribution in [1.29, 1.82) is 0 Å². The molecule has 0 spiro atoms. The zero-order chi connectivity index (χ0) is 10.5. The SMILES string of the molecule is O=C(Nc1ccnnc1)c1ccccc1. The van der Waals surface area contributed by atoms with Crippen molar-refractivity contribution >= 4 is 11.6 Å². The van der Waals surface area contributed by atoms with E-state index in [0.717, 1.165) is 0 Å². The summed E-state index contributed by atoms with van der Waals surface area (Å²) in [5.74, 6) is -0.149. The number of rotatable bonds is 2. The quantitative estimate of drug-likeness (QED) is 0.801. The van der Waals surface area contributed by atoms with Gasteiger partial charge in [-0.25, -0.2) is 0 Å². The molecule has 0 bridgehead atoms. The molecular formula is C11H9N3O. The van der Waals surface area contributed by atoms with Gasteiger partial charge in [-0.15, -0.1) is 0 Å². The molecule has 0 saturated heterocycles.